The molecular formula is C14H18N2O5. The zero-order chi connectivity index (χ0) is 15.1. The number of fused-ring (bicyclic) bond motifs is 2. The lowest BCUT2D eigenvalue weighted by molar-refractivity contribution is -0.527. The Labute approximate surface area is 122 Å². The smallest absolute Gasteiger partial charge is 0.231 e. The van der Waals surface area contributed by atoms with Gasteiger partial charge in [-0.05, 0) is 25.1 Å². The highest BCUT2D eigenvalue weighted by Gasteiger charge is 2.40. The van der Waals surface area contributed by atoms with Gasteiger partial charge in [-0.2, -0.15) is 0 Å². The first-order chi connectivity index (χ1) is 10.0. The molecule has 7 nitrogen and oxygen atoms in total. The standard InChI is InChI=1S/C14H18N2O5/c1-8(16(17)18)12-11-9(4-5-15(12)2)6-10-13(14(11)19-3)21-7-20-10/h6,8,12H,4-5,7H2,1-3H3. The molecule has 2 heterocycles. The maximum Gasteiger partial charge on any atom is 0.231 e. The molecule has 0 amide bonds. The van der Waals surface area contributed by atoms with Crippen molar-refractivity contribution in [2.24, 2.45) is 0 Å². The molecule has 3 rings (SSSR count). The summed E-state index contributed by atoms with van der Waals surface area (Å²) in [6.45, 7) is 2.54. The lowest BCUT2D eigenvalue weighted by atomic mass is 9.88. The van der Waals surface area contributed by atoms with Crippen LogP contribution in [-0.4, -0.2) is 43.4 Å². The summed E-state index contributed by atoms with van der Waals surface area (Å²) in [5.74, 6) is 1.76. The van der Waals surface area contributed by atoms with Crippen LogP contribution >= 0.6 is 0 Å². The summed E-state index contributed by atoms with van der Waals surface area (Å²) in [6, 6.07) is 0.851. The van der Waals surface area contributed by atoms with Gasteiger partial charge < -0.3 is 14.2 Å². The van der Waals surface area contributed by atoms with Crippen LogP contribution in [0.25, 0.3) is 0 Å². The average molecular weight is 294 g/mol. The predicted molar refractivity (Wildman–Crippen MR) is 74.6 cm³/mol. The van der Waals surface area contributed by atoms with Crippen LogP contribution in [-0.2, 0) is 6.42 Å². The van der Waals surface area contributed by atoms with Gasteiger partial charge >= 0.3 is 0 Å². The Balaban J connectivity index is 2.18. The fourth-order valence-electron chi connectivity index (χ4n) is 3.19. The first-order valence-electron chi connectivity index (χ1n) is 6.87. The summed E-state index contributed by atoms with van der Waals surface area (Å²) in [6.07, 6.45) is 0.805. The van der Waals surface area contributed by atoms with Gasteiger partial charge in [0.25, 0.3) is 0 Å². The van der Waals surface area contributed by atoms with Crippen molar-refractivity contribution in [3.05, 3.63) is 27.3 Å². The van der Waals surface area contributed by atoms with E-state index in [0.29, 0.717) is 17.2 Å². The van der Waals surface area contributed by atoms with Gasteiger partial charge in [0.05, 0.1) is 7.11 Å². The van der Waals surface area contributed by atoms with Crippen LogP contribution in [0.2, 0.25) is 0 Å². The third kappa shape index (κ3) is 2.08. The molecule has 0 bridgehead atoms. The molecule has 2 atom stereocenters. The summed E-state index contributed by atoms with van der Waals surface area (Å²) in [5, 5.41) is 11.3. The van der Waals surface area contributed by atoms with Crippen molar-refractivity contribution < 1.29 is 19.1 Å². The fraction of sp³-hybridized carbons (Fsp3) is 0.571. The maximum atomic E-state index is 11.3. The third-order valence-electron chi connectivity index (χ3n) is 4.24. The highest BCUT2D eigenvalue weighted by atomic mass is 16.7. The SMILES string of the molecule is COc1c2c(cc3c1C(C(C)[N+](=O)[O-])N(C)CC3)OCO2. The Morgan fingerprint density at radius 2 is 2.29 bits per heavy atom. The normalized spacial score (nSPS) is 21.8. The number of hydrogen-bond donors (Lipinski definition) is 0. The Morgan fingerprint density at radius 3 is 2.95 bits per heavy atom. The predicted octanol–water partition coefficient (Wildman–Crippen LogP) is 1.62. The van der Waals surface area contributed by atoms with Gasteiger partial charge in [-0.25, -0.2) is 0 Å². The van der Waals surface area contributed by atoms with Crippen LogP contribution < -0.4 is 14.2 Å². The summed E-state index contributed by atoms with van der Waals surface area (Å²) in [5.41, 5.74) is 1.88. The van der Waals surface area contributed by atoms with E-state index in [1.54, 1.807) is 14.0 Å². The Kier molecular flexibility index (Phi) is 3.36. The van der Waals surface area contributed by atoms with Crippen molar-refractivity contribution >= 4 is 0 Å². The molecular weight excluding hydrogens is 276 g/mol. The van der Waals surface area contributed by atoms with E-state index in [2.05, 4.69) is 0 Å². The molecule has 0 saturated heterocycles. The molecule has 1 aromatic carbocycles. The topological polar surface area (TPSA) is 74.1 Å². The van der Waals surface area contributed by atoms with E-state index >= 15 is 0 Å². The Bertz CT molecular complexity index is 589. The Morgan fingerprint density at radius 1 is 1.52 bits per heavy atom. The minimum absolute atomic E-state index is 0.153. The minimum atomic E-state index is -0.733. The van der Waals surface area contributed by atoms with Crippen LogP contribution in [0, 0.1) is 10.1 Å². The number of hydrogen-bond acceptors (Lipinski definition) is 6. The molecule has 7 heteroatoms. The van der Waals surface area contributed by atoms with E-state index in [-0.39, 0.29) is 17.8 Å². The lowest BCUT2D eigenvalue weighted by Crippen LogP contribution is -2.41. The van der Waals surface area contributed by atoms with Gasteiger partial charge in [-0.15, -0.1) is 0 Å². The van der Waals surface area contributed by atoms with Crippen LogP contribution in [0.1, 0.15) is 24.1 Å². The van der Waals surface area contributed by atoms with Gasteiger partial charge in [-0.1, -0.05) is 0 Å². The molecule has 114 valence electrons. The van der Waals surface area contributed by atoms with Crippen molar-refractivity contribution in [1.29, 1.82) is 0 Å². The number of rotatable bonds is 3. The maximum absolute atomic E-state index is 11.3. The molecule has 1 aromatic rings. The van der Waals surface area contributed by atoms with Gasteiger partial charge in [0.1, 0.15) is 6.04 Å². The molecule has 0 spiro atoms. The molecule has 0 N–H and O–H groups in total. The van der Waals surface area contributed by atoms with E-state index in [1.807, 2.05) is 18.0 Å². The van der Waals surface area contributed by atoms with Crippen molar-refractivity contribution in [2.45, 2.75) is 25.4 Å². The molecule has 21 heavy (non-hydrogen) atoms. The van der Waals surface area contributed by atoms with Gasteiger partial charge in [-0.3, -0.25) is 15.0 Å². The number of nitro groups is 1. The molecule has 2 aliphatic heterocycles. The second kappa shape index (κ2) is 5.07. The van der Waals surface area contributed by atoms with Crippen LogP contribution in [0.3, 0.4) is 0 Å². The molecule has 0 saturated carbocycles. The van der Waals surface area contributed by atoms with Crippen LogP contribution in [0.4, 0.5) is 0 Å². The first kappa shape index (κ1) is 13.9. The number of nitrogens with zero attached hydrogens (tertiary/aromatic N) is 2. The average Bonchev–Trinajstić information content (AvgIpc) is 2.92. The second-order valence-corrected chi connectivity index (χ2v) is 5.42. The zero-order valence-corrected chi connectivity index (χ0v) is 12.3. The van der Waals surface area contributed by atoms with Crippen molar-refractivity contribution in [3.8, 4) is 17.2 Å². The van der Waals surface area contributed by atoms with Crippen molar-refractivity contribution in [3.63, 3.8) is 0 Å². The summed E-state index contributed by atoms with van der Waals surface area (Å²) in [7, 11) is 3.46. The quantitative estimate of drug-likeness (QED) is 0.623. The van der Waals surface area contributed by atoms with Gasteiger partial charge in [0, 0.05) is 24.0 Å². The first-order valence-corrected chi connectivity index (χ1v) is 6.87. The number of ether oxygens (including phenoxy) is 3. The molecule has 0 aromatic heterocycles. The van der Waals surface area contributed by atoms with E-state index in [0.717, 1.165) is 24.1 Å². The Hall–Kier alpha value is -2.02. The fourth-order valence-corrected chi connectivity index (χ4v) is 3.19. The summed E-state index contributed by atoms with van der Waals surface area (Å²) in [4.78, 5) is 13.0. The molecule has 2 aliphatic rings. The van der Waals surface area contributed by atoms with Crippen molar-refractivity contribution in [1.82, 2.24) is 4.90 Å². The van der Waals surface area contributed by atoms with E-state index in [9.17, 15) is 10.1 Å². The summed E-state index contributed by atoms with van der Waals surface area (Å²) < 4.78 is 16.4. The monoisotopic (exact) mass is 294 g/mol. The largest absolute Gasteiger partial charge is 0.492 e. The highest BCUT2D eigenvalue weighted by Crippen LogP contribution is 2.50. The minimum Gasteiger partial charge on any atom is -0.492 e. The zero-order valence-electron chi connectivity index (χ0n) is 12.3. The van der Waals surface area contributed by atoms with Crippen molar-refractivity contribution in [2.75, 3.05) is 27.5 Å². The number of likely N-dealkylation sites (N-methyl/N-ethyl adjacent to an activating group) is 1. The molecule has 2 unspecified atom stereocenters. The highest BCUT2D eigenvalue weighted by molar-refractivity contribution is 5.62. The van der Waals surface area contributed by atoms with E-state index in [4.69, 9.17) is 14.2 Å². The van der Waals surface area contributed by atoms with Gasteiger partial charge in [0.15, 0.2) is 11.5 Å². The number of methoxy groups -OCH3 is 1. The summed E-state index contributed by atoms with van der Waals surface area (Å²) >= 11 is 0. The number of benzene rings is 1. The second-order valence-electron chi connectivity index (χ2n) is 5.42. The molecule has 0 fully saturated rings. The molecule has 0 aliphatic carbocycles. The molecule has 0 radical (unpaired) electrons. The van der Waals surface area contributed by atoms with E-state index in [1.165, 1.54) is 0 Å². The third-order valence-corrected chi connectivity index (χ3v) is 4.24. The van der Waals surface area contributed by atoms with Gasteiger partial charge in [0.2, 0.25) is 18.6 Å². The van der Waals surface area contributed by atoms with E-state index < -0.39 is 6.04 Å². The lowest BCUT2D eigenvalue weighted by Gasteiger charge is -2.35. The van der Waals surface area contributed by atoms with Crippen LogP contribution in [0.5, 0.6) is 17.2 Å². The van der Waals surface area contributed by atoms with Crippen LogP contribution in [0.15, 0.2) is 6.07 Å².